The molecule has 152 valence electrons. The predicted molar refractivity (Wildman–Crippen MR) is 105 cm³/mol. The lowest BCUT2D eigenvalue weighted by atomic mass is 10.2. The van der Waals surface area contributed by atoms with E-state index in [1.165, 1.54) is 6.07 Å². The molecule has 1 aromatic heterocycles. The van der Waals surface area contributed by atoms with Crippen LogP contribution in [0.5, 0.6) is 17.2 Å². The molecule has 1 unspecified atom stereocenters. The van der Waals surface area contributed by atoms with Gasteiger partial charge in [0.05, 0.1) is 18.1 Å². The maximum absolute atomic E-state index is 12.8. The second kappa shape index (κ2) is 9.22. The Kier molecular flexibility index (Phi) is 6.48. The first-order valence-electron chi connectivity index (χ1n) is 8.96. The Labute approximate surface area is 166 Å². The number of nitrogens with one attached hydrogen (secondary N) is 1. The number of aliphatic hydroxyl groups excluding tert-OH is 2. The second-order valence-electron chi connectivity index (χ2n) is 6.32. The lowest BCUT2D eigenvalue weighted by molar-refractivity contribution is -0.123. The van der Waals surface area contributed by atoms with Gasteiger partial charge in [0.2, 0.25) is 11.2 Å². The summed E-state index contributed by atoms with van der Waals surface area (Å²) in [4.78, 5) is 24.5. The van der Waals surface area contributed by atoms with Crippen molar-refractivity contribution < 1.29 is 28.9 Å². The van der Waals surface area contributed by atoms with Crippen molar-refractivity contribution in [2.45, 2.75) is 13.0 Å². The molecule has 0 aliphatic heterocycles. The summed E-state index contributed by atoms with van der Waals surface area (Å²) in [5, 5.41) is 20.7. The van der Waals surface area contributed by atoms with Gasteiger partial charge >= 0.3 is 0 Å². The lowest BCUT2D eigenvalue weighted by Crippen LogP contribution is -2.36. The van der Waals surface area contributed by atoms with Gasteiger partial charge in [-0.2, -0.15) is 0 Å². The number of hydrogen-bond donors (Lipinski definition) is 3. The van der Waals surface area contributed by atoms with Crippen molar-refractivity contribution in [1.82, 2.24) is 5.32 Å². The standard InChI is InChI=1S/C21H21NO7/c1-13-21(29-15-5-3-2-4-6-15)20(26)17-8-7-16(9-18(17)28-13)27-12-19(25)22-10-14(24)11-23/h2-9,14,23-24H,10-12H2,1H3,(H,22,25). The van der Waals surface area contributed by atoms with Crippen molar-refractivity contribution in [3.8, 4) is 17.2 Å². The molecule has 0 aliphatic carbocycles. The highest BCUT2D eigenvalue weighted by Crippen LogP contribution is 2.27. The Hall–Kier alpha value is -3.36. The summed E-state index contributed by atoms with van der Waals surface area (Å²) in [6.45, 7) is 0.823. The van der Waals surface area contributed by atoms with Crippen LogP contribution >= 0.6 is 0 Å². The van der Waals surface area contributed by atoms with Crippen LogP contribution in [-0.2, 0) is 4.79 Å². The van der Waals surface area contributed by atoms with E-state index in [1.54, 1.807) is 43.3 Å². The minimum Gasteiger partial charge on any atom is -0.484 e. The minimum atomic E-state index is -1.02. The number of fused-ring (bicyclic) bond motifs is 1. The minimum absolute atomic E-state index is 0.0747. The number of amides is 1. The Bertz CT molecular complexity index is 1050. The second-order valence-corrected chi connectivity index (χ2v) is 6.32. The maximum atomic E-state index is 12.8. The molecular formula is C21H21NO7. The fourth-order valence-corrected chi connectivity index (χ4v) is 2.58. The molecule has 3 rings (SSSR count). The number of aliphatic hydroxyl groups is 2. The molecule has 0 radical (unpaired) electrons. The van der Waals surface area contributed by atoms with Crippen LogP contribution in [0.3, 0.4) is 0 Å². The van der Waals surface area contributed by atoms with E-state index in [9.17, 15) is 14.7 Å². The summed E-state index contributed by atoms with van der Waals surface area (Å²) in [6.07, 6.45) is -1.02. The van der Waals surface area contributed by atoms with E-state index in [2.05, 4.69) is 5.32 Å². The van der Waals surface area contributed by atoms with Gasteiger partial charge in [0.25, 0.3) is 5.91 Å². The monoisotopic (exact) mass is 399 g/mol. The highest BCUT2D eigenvalue weighted by Gasteiger charge is 2.15. The zero-order valence-corrected chi connectivity index (χ0v) is 15.8. The van der Waals surface area contributed by atoms with Gasteiger partial charge in [-0.05, 0) is 31.2 Å². The van der Waals surface area contributed by atoms with Crippen LogP contribution in [-0.4, -0.2) is 42.0 Å². The Morgan fingerprint density at radius 2 is 1.93 bits per heavy atom. The van der Waals surface area contributed by atoms with Crippen molar-refractivity contribution >= 4 is 16.9 Å². The topological polar surface area (TPSA) is 118 Å². The fraction of sp³-hybridized carbons (Fsp3) is 0.238. The van der Waals surface area contributed by atoms with Crippen molar-refractivity contribution in [1.29, 1.82) is 0 Å². The molecule has 29 heavy (non-hydrogen) atoms. The lowest BCUT2D eigenvalue weighted by Gasteiger charge is -2.11. The van der Waals surface area contributed by atoms with Crippen molar-refractivity contribution in [3.05, 3.63) is 64.5 Å². The van der Waals surface area contributed by atoms with E-state index in [4.69, 9.17) is 19.0 Å². The van der Waals surface area contributed by atoms with Crippen LogP contribution in [0.25, 0.3) is 11.0 Å². The van der Waals surface area contributed by atoms with E-state index >= 15 is 0 Å². The molecule has 0 spiro atoms. The van der Waals surface area contributed by atoms with Crippen LogP contribution in [0.4, 0.5) is 0 Å². The van der Waals surface area contributed by atoms with Gasteiger partial charge in [-0.1, -0.05) is 18.2 Å². The maximum Gasteiger partial charge on any atom is 0.258 e. The quantitative estimate of drug-likeness (QED) is 0.528. The number of carbonyl (C=O) groups is 1. The molecule has 1 amide bonds. The normalized spacial score (nSPS) is 11.8. The number of hydrogen-bond acceptors (Lipinski definition) is 7. The molecule has 0 fully saturated rings. The SMILES string of the molecule is Cc1oc2cc(OCC(=O)NCC(O)CO)ccc2c(=O)c1Oc1ccccc1. The molecule has 3 N–H and O–H groups in total. The molecule has 3 aromatic rings. The Morgan fingerprint density at radius 1 is 1.17 bits per heavy atom. The summed E-state index contributed by atoms with van der Waals surface area (Å²) in [6, 6.07) is 13.5. The van der Waals surface area contributed by atoms with Gasteiger partial charge in [-0.3, -0.25) is 9.59 Å². The van der Waals surface area contributed by atoms with Crippen molar-refractivity contribution in [2.75, 3.05) is 19.8 Å². The van der Waals surface area contributed by atoms with Gasteiger partial charge < -0.3 is 29.4 Å². The third-order valence-corrected chi connectivity index (χ3v) is 4.07. The first-order valence-corrected chi connectivity index (χ1v) is 8.96. The van der Waals surface area contributed by atoms with Crippen LogP contribution in [0, 0.1) is 6.92 Å². The van der Waals surface area contributed by atoms with Crippen LogP contribution in [0.15, 0.2) is 57.7 Å². The molecule has 8 heteroatoms. The number of para-hydroxylation sites is 1. The number of aryl methyl sites for hydroxylation is 1. The Morgan fingerprint density at radius 3 is 2.66 bits per heavy atom. The van der Waals surface area contributed by atoms with Crippen LogP contribution < -0.4 is 20.2 Å². The molecule has 1 heterocycles. The van der Waals surface area contributed by atoms with Gasteiger partial charge in [0, 0.05) is 12.6 Å². The first-order chi connectivity index (χ1) is 14.0. The molecule has 8 nitrogen and oxygen atoms in total. The molecule has 0 bridgehead atoms. The molecule has 0 saturated carbocycles. The predicted octanol–water partition coefficient (Wildman–Crippen LogP) is 1.74. The molecule has 1 atom stereocenters. The molecule has 2 aromatic carbocycles. The number of benzene rings is 2. The van der Waals surface area contributed by atoms with E-state index in [0.717, 1.165) is 0 Å². The van der Waals surface area contributed by atoms with E-state index in [0.29, 0.717) is 28.2 Å². The number of ether oxygens (including phenoxy) is 2. The Balaban J connectivity index is 1.74. The zero-order valence-electron chi connectivity index (χ0n) is 15.8. The van der Waals surface area contributed by atoms with Gasteiger partial charge in [0.15, 0.2) is 6.61 Å². The van der Waals surface area contributed by atoms with Gasteiger partial charge in [-0.15, -0.1) is 0 Å². The third-order valence-electron chi connectivity index (χ3n) is 4.07. The molecule has 0 aliphatic rings. The van der Waals surface area contributed by atoms with Crippen molar-refractivity contribution in [2.24, 2.45) is 0 Å². The van der Waals surface area contributed by atoms with E-state index in [-0.39, 0.29) is 24.3 Å². The van der Waals surface area contributed by atoms with E-state index in [1.807, 2.05) is 6.07 Å². The fourth-order valence-electron chi connectivity index (χ4n) is 2.58. The summed E-state index contributed by atoms with van der Waals surface area (Å²) in [5.41, 5.74) is -0.00332. The van der Waals surface area contributed by atoms with Gasteiger partial charge in [-0.25, -0.2) is 0 Å². The third kappa shape index (κ3) is 5.13. The van der Waals surface area contributed by atoms with Crippen LogP contribution in [0.2, 0.25) is 0 Å². The highest BCUT2D eigenvalue weighted by atomic mass is 16.5. The number of carbonyl (C=O) groups excluding carboxylic acids is 1. The van der Waals surface area contributed by atoms with Gasteiger partial charge in [0.1, 0.15) is 22.8 Å². The summed E-state index contributed by atoms with van der Waals surface area (Å²) in [7, 11) is 0. The zero-order chi connectivity index (χ0) is 20.8. The number of rotatable bonds is 8. The van der Waals surface area contributed by atoms with E-state index < -0.39 is 18.6 Å². The summed E-state index contributed by atoms with van der Waals surface area (Å²) in [5.74, 6) is 0.842. The summed E-state index contributed by atoms with van der Waals surface area (Å²) >= 11 is 0. The van der Waals surface area contributed by atoms with Crippen LogP contribution in [0.1, 0.15) is 5.76 Å². The average Bonchev–Trinajstić information content (AvgIpc) is 2.74. The largest absolute Gasteiger partial charge is 0.484 e. The first kappa shape index (κ1) is 20.4. The smallest absolute Gasteiger partial charge is 0.258 e. The average molecular weight is 399 g/mol. The molecular weight excluding hydrogens is 378 g/mol. The molecule has 0 saturated heterocycles. The van der Waals surface area contributed by atoms with Crippen molar-refractivity contribution in [3.63, 3.8) is 0 Å². The summed E-state index contributed by atoms with van der Waals surface area (Å²) < 4.78 is 16.8. The highest BCUT2D eigenvalue weighted by molar-refractivity contribution is 5.80.